The summed E-state index contributed by atoms with van der Waals surface area (Å²) in [6, 6.07) is 0. The number of carbonyl (C=O) groups is 3. The smallest absolute Gasteiger partial charge is 0.303 e. The summed E-state index contributed by atoms with van der Waals surface area (Å²) in [6.07, 6.45) is 11.2. The molecule has 4 fully saturated rings. The third-order valence-corrected chi connectivity index (χ3v) is 10.1. The van der Waals surface area contributed by atoms with Crippen LogP contribution in [-0.2, 0) is 23.9 Å². The monoisotopic (exact) mass is 432 g/mol. The number of carbonyl (C=O) groups excluding carboxylic acids is 3. The summed E-state index contributed by atoms with van der Waals surface area (Å²) in [5.41, 5.74) is 0.606. The number of rotatable bonds is 5. The van der Waals surface area contributed by atoms with Crippen LogP contribution < -0.4 is 0 Å². The second kappa shape index (κ2) is 8.51. The Morgan fingerprint density at radius 1 is 0.839 bits per heavy atom. The molecule has 0 amide bonds. The van der Waals surface area contributed by atoms with E-state index in [-0.39, 0.29) is 35.8 Å². The SMILES string of the molecule is CC(=O)OCC(=O)CC1CCC2C3CCC4CC(OC(C)=O)CCC4(C)C3CCC12C. The summed E-state index contributed by atoms with van der Waals surface area (Å²) < 4.78 is 10.5. The zero-order valence-electron chi connectivity index (χ0n) is 19.8. The predicted molar refractivity (Wildman–Crippen MR) is 117 cm³/mol. The molecule has 0 aromatic heterocycles. The number of Topliss-reactive ketones (excluding diaryl/α,β-unsaturated/α-hetero) is 1. The number of hydrogen-bond donors (Lipinski definition) is 0. The maximum Gasteiger partial charge on any atom is 0.303 e. The van der Waals surface area contributed by atoms with Crippen molar-refractivity contribution in [2.75, 3.05) is 6.61 Å². The molecule has 4 saturated carbocycles. The van der Waals surface area contributed by atoms with E-state index in [1.807, 2.05) is 0 Å². The Bertz CT molecular complexity index is 731. The first-order valence-corrected chi connectivity index (χ1v) is 12.5. The van der Waals surface area contributed by atoms with E-state index in [9.17, 15) is 14.4 Å². The van der Waals surface area contributed by atoms with Gasteiger partial charge in [-0.2, -0.15) is 0 Å². The van der Waals surface area contributed by atoms with E-state index in [1.165, 1.54) is 52.4 Å². The first kappa shape index (κ1) is 22.8. The van der Waals surface area contributed by atoms with E-state index in [2.05, 4.69) is 13.8 Å². The van der Waals surface area contributed by atoms with Crippen molar-refractivity contribution in [3.05, 3.63) is 0 Å². The highest BCUT2D eigenvalue weighted by molar-refractivity contribution is 5.82. The van der Waals surface area contributed by atoms with Gasteiger partial charge in [0, 0.05) is 20.3 Å². The van der Waals surface area contributed by atoms with Crippen LogP contribution in [0.3, 0.4) is 0 Å². The zero-order chi connectivity index (χ0) is 22.4. The summed E-state index contributed by atoms with van der Waals surface area (Å²) in [5, 5.41) is 0. The molecule has 0 saturated heterocycles. The Balaban J connectivity index is 1.43. The molecule has 0 spiro atoms. The number of esters is 2. The minimum atomic E-state index is -0.377. The molecule has 4 aliphatic rings. The normalized spacial score (nSPS) is 43.9. The molecular formula is C26H40O5. The minimum Gasteiger partial charge on any atom is -0.463 e. The van der Waals surface area contributed by atoms with Gasteiger partial charge < -0.3 is 9.47 Å². The maximum absolute atomic E-state index is 12.4. The Kier molecular flexibility index (Phi) is 6.26. The topological polar surface area (TPSA) is 69.7 Å². The first-order chi connectivity index (χ1) is 14.6. The molecule has 8 unspecified atom stereocenters. The van der Waals surface area contributed by atoms with Gasteiger partial charge >= 0.3 is 11.9 Å². The number of hydrogen-bond acceptors (Lipinski definition) is 5. The molecule has 31 heavy (non-hydrogen) atoms. The van der Waals surface area contributed by atoms with E-state index < -0.39 is 0 Å². The summed E-state index contributed by atoms with van der Waals surface area (Å²) in [4.78, 5) is 34.9. The minimum absolute atomic E-state index is 0.0676. The van der Waals surface area contributed by atoms with Gasteiger partial charge in [0.25, 0.3) is 0 Å². The summed E-state index contributed by atoms with van der Waals surface area (Å²) in [6.45, 7) is 7.78. The van der Waals surface area contributed by atoms with Crippen molar-refractivity contribution < 1.29 is 23.9 Å². The highest BCUT2D eigenvalue weighted by atomic mass is 16.5. The highest BCUT2D eigenvalue weighted by Gasteiger charge is 2.60. The van der Waals surface area contributed by atoms with Crippen LogP contribution in [0.25, 0.3) is 0 Å². The molecule has 4 aliphatic carbocycles. The molecule has 5 heteroatoms. The summed E-state index contributed by atoms with van der Waals surface area (Å²) >= 11 is 0. The first-order valence-electron chi connectivity index (χ1n) is 12.5. The molecule has 0 aromatic carbocycles. The van der Waals surface area contributed by atoms with Crippen LogP contribution in [-0.4, -0.2) is 30.4 Å². The van der Waals surface area contributed by atoms with E-state index in [4.69, 9.17) is 9.47 Å². The second-order valence-electron chi connectivity index (χ2n) is 11.5. The molecular weight excluding hydrogens is 392 g/mol. The van der Waals surface area contributed by atoms with Gasteiger partial charge in [0.15, 0.2) is 5.78 Å². The lowest BCUT2D eigenvalue weighted by Crippen LogP contribution is -2.54. The average Bonchev–Trinajstić information content (AvgIpc) is 3.02. The molecule has 0 radical (unpaired) electrons. The molecule has 5 nitrogen and oxygen atoms in total. The van der Waals surface area contributed by atoms with Gasteiger partial charge in [-0.1, -0.05) is 13.8 Å². The van der Waals surface area contributed by atoms with Crippen LogP contribution in [0.4, 0.5) is 0 Å². The van der Waals surface area contributed by atoms with Crippen LogP contribution in [0.2, 0.25) is 0 Å². The molecule has 174 valence electrons. The number of ether oxygens (including phenoxy) is 2. The van der Waals surface area contributed by atoms with Gasteiger partial charge in [0.1, 0.15) is 12.7 Å². The largest absolute Gasteiger partial charge is 0.463 e. The Labute approximate surface area is 187 Å². The van der Waals surface area contributed by atoms with Crippen molar-refractivity contribution in [3.63, 3.8) is 0 Å². The Morgan fingerprint density at radius 2 is 1.55 bits per heavy atom. The fraction of sp³-hybridized carbons (Fsp3) is 0.885. The number of ketones is 1. The van der Waals surface area contributed by atoms with Crippen LogP contribution in [0, 0.1) is 40.4 Å². The predicted octanol–water partition coefficient (Wildman–Crippen LogP) is 5.10. The third-order valence-electron chi connectivity index (χ3n) is 10.1. The van der Waals surface area contributed by atoms with Crippen LogP contribution in [0.5, 0.6) is 0 Å². The number of fused-ring (bicyclic) bond motifs is 5. The van der Waals surface area contributed by atoms with Crippen LogP contribution >= 0.6 is 0 Å². The van der Waals surface area contributed by atoms with E-state index in [0.29, 0.717) is 29.6 Å². The van der Waals surface area contributed by atoms with Gasteiger partial charge in [-0.05, 0) is 98.2 Å². The fourth-order valence-corrected chi connectivity index (χ4v) is 8.52. The second-order valence-corrected chi connectivity index (χ2v) is 11.5. The quantitative estimate of drug-likeness (QED) is 0.565. The molecule has 0 N–H and O–H groups in total. The van der Waals surface area contributed by atoms with Crippen molar-refractivity contribution >= 4 is 17.7 Å². The lowest BCUT2D eigenvalue weighted by Gasteiger charge is -2.61. The van der Waals surface area contributed by atoms with E-state index >= 15 is 0 Å². The molecule has 0 aliphatic heterocycles. The van der Waals surface area contributed by atoms with Gasteiger partial charge in [-0.3, -0.25) is 14.4 Å². The van der Waals surface area contributed by atoms with Crippen molar-refractivity contribution in [1.29, 1.82) is 0 Å². The lowest BCUT2D eigenvalue weighted by molar-refractivity contribution is -0.160. The van der Waals surface area contributed by atoms with Crippen molar-refractivity contribution in [2.24, 2.45) is 40.4 Å². The Morgan fingerprint density at radius 3 is 2.26 bits per heavy atom. The Hall–Kier alpha value is -1.39. The van der Waals surface area contributed by atoms with Gasteiger partial charge in [-0.15, -0.1) is 0 Å². The molecule has 8 atom stereocenters. The van der Waals surface area contributed by atoms with Crippen molar-refractivity contribution in [2.45, 2.75) is 98.0 Å². The third kappa shape index (κ3) is 4.18. The average molecular weight is 433 g/mol. The highest BCUT2D eigenvalue weighted by Crippen LogP contribution is 2.67. The van der Waals surface area contributed by atoms with Gasteiger partial charge in [0.2, 0.25) is 0 Å². The molecule has 4 rings (SSSR count). The van der Waals surface area contributed by atoms with Crippen molar-refractivity contribution in [3.8, 4) is 0 Å². The van der Waals surface area contributed by atoms with Crippen LogP contribution in [0.1, 0.15) is 91.9 Å². The van der Waals surface area contributed by atoms with E-state index in [1.54, 1.807) is 0 Å². The maximum atomic E-state index is 12.4. The standard InChI is InChI=1S/C26H40O5/c1-16(27)30-15-20(29)13-18-6-8-23-22-7-5-19-14-21(31-17(2)28)9-11-25(19,3)24(22)10-12-26(18,23)4/h18-19,21-24H,5-15H2,1-4H3. The fourth-order valence-electron chi connectivity index (χ4n) is 8.52. The van der Waals surface area contributed by atoms with Gasteiger partial charge in [0.05, 0.1) is 0 Å². The van der Waals surface area contributed by atoms with Gasteiger partial charge in [-0.25, -0.2) is 0 Å². The summed E-state index contributed by atoms with van der Waals surface area (Å²) in [5.74, 6) is 2.88. The summed E-state index contributed by atoms with van der Waals surface area (Å²) in [7, 11) is 0. The molecule has 0 bridgehead atoms. The van der Waals surface area contributed by atoms with E-state index in [0.717, 1.165) is 31.1 Å². The zero-order valence-corrected chi connectivity index (χ0v) is 19.8. The van der Waals surface area contributed by atoms with Crippen molar-refractivity contribution in [1.82, 2.24) is 0 Å². The molecule has 0 heterocycles. The lowest BCUT2D eigenvalue weighted by atomic mass is 9.44. The van der Waals surface area contributed by atoms with Crippen LogP contribution in [0.15, 0.2) is 0 Å². The molecule has 0 aromatic rings.